The highest BCUT2D eigenvalue weighted by Gasteiger charge is 2.37. The molecule has 1 aliphatic heterocycles. The van der Waals surface area contributed by atoms with Crippen molar-refractivity contribution in [1.29, 1.82) is 0 Å². The smallest absolute Gasteiger partial charge is 0.264 e. The van der Waals surface area contributed by atoms with E-state index < -0.39 is 12.1 Å². The van der Waals surface area contributed by atoms with Crippen LogP contribution in [0.3, 0.4) is 0 Å². The number of carbonyl (C=O) groups is 2. The molecule has 1 aromatic heterocycles. The van der Waals surface area contributed by atoms with E-state index >= 15 is 0 Å². The molecule has 2 amide bonds. The number of aryl methyl sites for hydroxylation is 1. The minimum Gasteiger partial charge on any atom is -0.481 e. The predicted molar refractivity (Wildman–Crippen MR) is 114 cm³/mol. The van der Waals surface area contributed by atoms with Crippen LogP contribution in [-0.4, -0.2) is 40.4 Å². The number of para-hydroxylation sites is 1. The number of carbonyl (C=O) groups excluding carboxylic acids is 2. The number of benzene rings is 2. The minimum atomic E-state index is -0.660. The number of fused-ring (bicyclic) bond motifs is 1. The SMILES string of the molecule is Cc1cccc(O[C@H](C)C(=O)N2CCC[C@H]2C(=O)Nc2nc3ccccc3s2)c1. The maximum atomic E-state index is 13.0. The zero-order chi connectivity index (χ0) is 20.4. The van der Waals surface area contributed by atoms with Gasteiger partial charge < -0.3 is 15.0 Å². The summed E-state index contributed by atoms with van der Waals surface area (Å²) in [6.07, 6.45) is 0.771. The molecule has 0 unspecified atom stereocenters. The van der Waals surface area contributed by atoms with E-state index in [0.29, 0.717) is 23.8 Å². The molecule has 1 saturated heterocycles. The van der Waals surface area contributed by atoms with Gasteiger partial charge in [0.2, 0.25) is 5.91 Å². The van der Waals surface area contributed by atoms with Crippen LogP contribution in [0.5, 0.6) is 5.75 Å². The molecule has 29 heavy (non-hydrogen) atoms. The molecule has 2 atom stereocenters. The zero-order valence-corrected chi connectivity index (χ0v) is 17.2. The molecule has 7 heteroatoms. The third-order valence-corrected chi connectivity index (χ3v) is 5.96. The first-order valence-corrected chi connectivity index (χ1v) is 10.5. The Morgan fingerprint density at radius 1 is 1.24 bits per heavy atom. The van der Waals surface area contributed by atoms with Gasteiger partial charge in [-0.1, -0.05) is 35.6 Å². The van der Waals surface area contributed by atoms with Gasteiger partial charge in [0.25, 0.3) is 5.91 Å². The van der Waals surface area contributed by atoms with Crippen molar-refractivity contribution in [3.8, 4) is 5.75 Å². The molecule has 1 aliphatic rings. The number of aromatic nitrogens is 1. The summed E-state index contributed by atoms with van der Waals surface area (Å²) in [6.45, 7) is 4.26. The van der Waals surface area contributed by atoms with Gasteiger partial charge >= 0.3 is 0 Å². The number of hydrogen-bond acceptors (Lipinski definition) is 5. The Balaban J connectivity index is 1.43. The molecule has 6 nitrogen and oxygen atoms in total. The van der Waals surface area contributed by atoms with Gasteiger partial charge in [-0.25, -0.2) is 4.98 Å². The first-order valence-electron chi connectivity index (χ1n) is 9.71. The summed E-state index contributed by atoms with van der Waals surface area (Å²) in [6, 6.07) is 14.8. The monoisotopic (exact) mass is 409 g/mol. The van der Waals surface area contributed by atoms with Gasteiger partial charge in [0.05, 0.1) is 10.2 Å². The van der Waals surface area contributed by atoms with Crippen LogP contribution in [0.1, 0.15) is 25.3 Å². The molecule has 3 aromatic rings. The second kappa shape index (κ2) is 8.21. The molecule has 4 rings (SSSR count). The van der Waals surface area contributed by atoms with Gasteiger partial charge in [0.15, 0.2) is 11.2 Å². The summed E-state index contributed by atoms with van der Waals surface area (Å²) in [5.41, 5.74) is 1.92. The molecule has 150 valence electrons. The summed E-state index contributed by atoms with van der Waals surface area (Å²) in [5, 5.41) is 3.44. The molecule has 1 N–H and O–H groups in total. The van der Waals surface area contributed by atoms with E-state index in [0.717, 1.165) is 22.2 Å². The fraction of sp³-hybridized carbons (Fsp3) is 0.318. The van der Waals surface area contributed by atoms with E-state index in [-0.39, 0.29) is 11.8 Å². The lowest BCUT2D eigenvalue weighted by Crippen LogP contribution is -2.47. The zero-order valence-electron chi connectivity index (χ0n) is 16.4. The first-order chi connectivity index (χ1) is 14.0. The maximum Gasteiger partial charge on any atom is 0.264 e. The fourth-order valence-corrected chi connectivity index (χ4v) is 4.46. The van der Waals surface area contributed by atoms with Crippen molar-refractivity contribution in [3.05, 3.63) is 54.1 Å². The van der Waals surface area contributed by atoms with Crippen LogP contribution in [0.25, 0.3) is 10.2 Å². The summed E-state index contributed by atoms with van der Waals surface area (Å²) in [4.78, 5) is 31.9. The maximum absolute atomic E-state index is 13.0. The van der Waals surface area contributed by atoms with Crippen molar-refractivity contribution >= 4 is 38.5 Å². The number of nitrogens with one attached hydrogen (secondary N) is 1. The topological polar surface area (TPSA) is 71.5 Å². The summed E-state index contributed by atoms with van der Waals surface area (Å²) < 4.78 is 6.84. The van der Waals surface area contributed by atoms with Crippen LogP contribution >= 0.6 is 11.3 Å². The third-order valence-electron chi connectivity index (χ3n) is 5.01. The highest BCUT2D eigenvalue weighted by molar-refractivity contribution is 7.22. The van der Waals surface area contributed by atoms with Crippen molar-refractivity contribution in [1.82, 2.24) is 9.88 Å². The quantitative estimate of drug-likeness (QED) is 0.691. The Morgan fingerprint density at radius 2 is 2.07 bits per heavy atom. The van der Waals surface area contributed by atoms with Crippen LogP contribution in [0.4, 0.5) is 5.13 Å². The number of thiazole rings is 1. The summed E-state index contributed by atoms with van der Waals surface area (Å²) >= 11 is 1.43. The van der Waals surface area contributed by atoms with E-state index in [4.69, 9.17) is 4.74 Å². The predicted octanol–water partition coefficient (Wildman–Crippen LogP) is 4.00. The number of likely N-dealkylation sites (tertiary alicyclic amines) is 1. The number of ether oxygens (including phenoxy) is 1. The van der Waals surface area contributed by atoms with Crippen molar-refractivity contribution in [2.45, 2.75) is 38.8 Å². The van der Waals surface area contributed by atoms with Gasteiger partial charge in [0.1, 0.15) is 11.8 Å². The highest BCUT2D eigenvalue weighted by atomic mass is 32.1. The van der Waals surface area contributed by atoms with Gasteiger partial charge in [-0.05, 0) is 56.5 Å². The molecule has 2 heterocycles. The second-order valence-corrected chi connectivity index (χ2v) is 8.27. The molecule has 2 aromatic carbocycles. The first kappa shape index (κ1) is 19.4. The minimum absolute atomic E-state index is 0.173. The van der Waals surface area contributed by atoms with Gasteiger partial charge in [-0.15, -0.1) is 0 Å². The van der Waals surface area contributed by atoms with Gasteiger partial charge in [-0.2, -0.15) is 0 Å². The van der Waals surface area contributed by atoms with Crippen LogP contribution in [0, 0.1) is 6.92 Å². The van der Waals surface area contributed by atoms with Crippen LogP contribution in [0.2, 0.25) is 0 Å². The highest BCUT2D eigenvalue weighted by Crippen LogP contribution is 2.27. The average molecular weight is 410 g/mol. The average Bonchev–Trinajstić information content (AvgIpc) is 3.33. The molecule has 0 radical (unpaired) electrons. The third kappa shape index (κ3) is 4.24. The molecular formula is C22H23N3O3S. The molecule has 0 aliphatic carbocycles. The van der Waals surface area contributed by atoms with Gasteiger partial charge in [0, 0.05) is 6.54 Å². The van der Waals surface area contributed by atoms with Crippen molar-refractivity contribution in [3.63, 3.8) is 0 Å². The standard InChI is InChI=1S/C22H23N3O3S/c1-14-7-5-8-16(13-14)28-15(2)21(27)25-12-6-10-18(25)20(26)24-22-23-17-9-3-4-11-19(17)29-22/h3-5,7-9,11,13,15,18H,6,10,12H2,1-2H3,(H,23,24,26)/t15-,18+/m1/s1. The van der Waals surface area contributed by atoms with E-state index in [2.05, 4.69) is 10.3 Å². The summed E-state index contributed by atoms with van der Waals surface area (Å²) in [5.74, 6) is 0.284. The Labute approximate surface area is 173 Å². The lowest BCUT2D eigenvalue weighted by Gasteiger charge is -2.26. The van der Waals surface area contributed by atoms with Crippen LogP contribution < -0.4 is 10.1 Å². The largest absolute Gasteiger partial charge is 0.481 e. The molecule has 1 fully saturated rings. The van der Waals surface area contributed by atoms with E-state index in [1.165, 1.54) is 11.3 Å². The Morgan fingerprint density at radius 3 is 2.86 bits per heavy atom. The fourth-order valence-electron chi connectivity index (χ4n) is 3.59. The number of amides is 2. The van der Waals surface area contributed by atoms with Crippen LogP contribution in [-0.2, 0) is 9.59 Å². The van der Waals surface area contributed by atoms with Crippen molar-refractivity contribution in [2.24, 2.45) is 0 Å². The van der Waals surface area contributed by atoms with Crippen LogP contribution in [0.15, 0.2) is 48.5 Å². The normalized spacial score (nSPS) is 17.3. The number of anilines is 1. The Kier molecular flexibility index (Phi) is 5.49. The molecular weight excluding hydrogens is 386 g/mol. The molecule has 0 saturated carbocycles. The summed E-state index contributed by atoms with van der Waals surface area (Å²) in [7, 11) is 0. The van der Waals surface area contributed by atoms with E-state index in [1.807, 2.05) is 55.5 Å². The lowest BCUT2D eigenvalue weighted by molar-refractivity contribution is -0.142. The Bertz CT molecular complexity index is 1020. The second-order valence-electron chi connectivity index (χ2n) is 7.24. The number of hydrogen-bond donors (Lipinski definition) is 1. The van der Waals surface area contributed by atoms with Gasteiger partial charge in [-0.3, -0.25) is 9.59 Å². The molecule has 0 bridgehead atoms. The number of rotatable bonds is 5. The molecule has 0 spiro atoms. The Hall–Kier alpha value is -2.93. The van der Waals surface area contributed by atoms with Crippen molar-refractivity contribution in [2.75, 3.05) is 11.9 Å². The number of nitrogens with zero attached hydrogens (tertiary/aromatic N) is 2. The lowest BCUT2D eigenvalue weighted by atomic mass is 10.2. The van der Waals surface area contributed by atoms with E-state index in [9.17, 15) is 9.59 Å². The van der Waals surface area contributed by atoms with Crippen molar-refractivity contribution < 1.29 is 14.3 Å². The van der Waals surface area contributed by atoms with E-state index in [1.54, 1.807) is 11.8 Å².